The lowest BCUT2D eigenvalue weighted by molar-refractivity contribution is -0.117. The quantitative estimate of drug-likeness (QED) is 0.250. The number of hydrogen-bond acceptors (Lipinski definition) is 10. The Labute approximate surface area is 192 Å². The zero-order valence-electron chi connectivity index (χ0n) is 17.7. The zero-order valence-corrected chi connectivity index (χ0v) is 18.4. The van der Waals surface area contributed by atoms with Crippen molar-refractivity contribution in [2.75, 3.05) is 14.1 Å². The first-order valence-electron chi connectivity index (χ1n) is 10.2. The molecule has 1 fully saturated rings. The van der Waals surface area contributed by atoms with Gasteiger partial charge in [-0.05, 0) is 32.9 Å². The maximum Gasteiger partial charge on any atom is 0.253 e. The molecule has 33 heavy (non-hydrogen) atoms. The van der Waals surface area contributed by atoms with Crippen LogP contribution < -0.4 is 5.73 Å². The molecule has 3 aliphatic carbocycles. The minimum atomic E-state index is -2.41. The van der Waals surface area contributed by atoms with Crippen molar-refractivity contribution in [3.05, 3.63) is 44.6 Å². The van der Waals surface area contributed by atoms with Gasteiger partial charge in [-0.1, -0.05) is 11.6 Å². The molecule has 176 valence electrons. The summed E-state index contributed by atoms with van der Waals surface area (Å²) in [6, 6.07) is -0.853. The minimum absolute atomic E-state index is 0.0511. The van der Waals surface area contributed by atoms with Crippen molar-refractivity contribution < 1.29 is 39.9 Å². The molecular formula is C21H22ClN3O8. The summed E-state index contributed by atoms with van der Waals surface area (Å²) in [5.41, 5.74) is 2.76. The van der Waals surface area contributed by atoms with E-state index in [0.717, 1.165) is 0 Å². The molecule has 0 aromatic carbocycles. The summed E-state index contributed by atoms with van der Waals surface area (Å²) in [4.78, 5) is 31.2. The highest BCUT2D eigenvalue weighted by atomic mass is 35.5. The van der Waals surface area contributed by atoms with Crippen molar-refractivity contribution in [3.8, 4) is 5.75 Å². The highest BCUT2D eigenvalue weighted by molar-refractivity contribution is 6.31. The number of aromatic nitrogens is 1. The monoisotopic (exact) mass is 479 g/mol. The number of hydrogen-bond donors (Lipinski definition) is 6. The molecule has 1 aromatic heterocycles. The third kappa shape index (κ3) is 2.46. The Morgan fingerprint density at radius 2 is 2.00 bits per heavy atom. The molecule has 0 saturated carbocycles. The van der Waals surface area contributed by atoms with Crippen molar-refractivity contribution in [1.29, 1.82) is 0 Å². The maximum atomic E-state index is 13.5. The highest BCUT2D eigenvalue weighted by Gasteiger charge is 2.84. The Bertz CT molecular complexity index is 1210. The van der Waals surface area contributed by atoms with E-state index in [2.05, 4.69) is 4.98 Å². The molecule has 5 atom stereocenters. The van der Waals surface area contributed by atoms with Crippen LogP contribution >= 0.6 is 11.6 Å². The van der Waals surface area contributed by atoms with E-state index >= 15 is 0 Å². The number of nitrogens with zero attached hydrogens (tertiary/aromatic N) is 2. The molecule has 0 radical (unpaired) electrons. The lowest BCUT2D eigenvalue weighted by Gasteiger charge is -2.45. The van der Waals surface area contributed by atoms with Gasteiger partial charge in [-0.3, -0.25) is 14.5 Å². The molecule has 7 N–H and O–H groups in total. The number of epoxide rings is 1. The number of aromatic hydroxyl groups is 1. The number of likely N-dealkylation sites (N-methyl/N-ethyl adjacent to an activating group) is 1. The topological polar surface area (TPSA) is 190 Å². The fraction of sp³-hybridized carbons (Fsp3) is 0.476. The lowest BCUT2D eigenvalue weighted by atomic mass is 9.60. The maximum absolute atomic E-state index is 13.5. The predicted molar refractivity (Wildman–Crippen MR) is 111 cm³/mol. The Morgan fingerprint density at radius 3 is 2.58 bits per heavy atom. The fourth-order valence-electron chi connectivity index (χ4n) is 5.93. The smallest absolute Gasteiger partial charge is 0.253 e. The van der Waals surface area contributed by atoms with Gasteiger partial charge in [-0.25, -0.2) is 4.98 Å². The van der Waals surface area contributed by atoms with Crippen molar-refractivity contribution in [2.24, 2.45) is 17.6 Å². The highest BCUT2D eigenvalue weighted by Crippen LogP contribution is 2.68. The van der Waals surface area contributed by atoms with E-state index in [1.54, 1.807) is 19.0 Å². The number of carbonyl (C=O) groups is 2. The van der Waals surface area contributed by atoms with Gasteiger partial charge in [-0.15, -0.1) is 0 Å². The van der Waals surface area contributed by atoms with Gasteiger partial charge < -0.3 is 36.0 Å². The largest absolute Gasteiger partial charge is 0.510 e. The van der Waals surface area contributed by atoms with Gasteiger partial charge in [0.25, 0.3) is 5.91 Å². The summed E-state index contributed by atoms with van der Waals surface area (Å²) in [5.74, 6) is -7.22. The van der Waals surface area contributed by atoms with Crippen LogP contribution in [0.4, 0.5) is 0 Å². The summed E-state index contributed by atoms with van der Waals surface area (Å²) >= 11 is 6.25. The molecule has 11 nitrogen and oxygen atoms in total. The number of carbonyl (C=O) groups excluding carboxylic acids is 2. The van der Waals surface area contributed by atoms with Crippen molar-refractivity contribution in [2.45, 2.75) is 36.9 Å². The third-order valence-electron chi connectivity index (χ3n) is 7.27. The van der Waals surface area contributed by atoms with Crippen LogP contribution in [0.3, 0.4) is 0 Å². The van der Waals surface area contributed by atoms with Crippen molar-refractivity contribution >= 4 is 23.3 Å². The standard InChI is InChI=1S/C21H22ClN3O8/c1-25(2)13-8-4-6-3-7-11(14(27)9(5-26)24-18(7)22)15(28)10(6)17(30)20(8)21(32,33-20)12(16(13)29)19(23)31/h6,8,13,26-27,29-30,32H,3-5H2,1-2H3,(H2,23,31)/t6-,8-,13-,20-,21?/m0/s1. The first-order chi connectivity index (χ1) is 15.4. The molecule has 1 aromatic rings. The van der Waals surface area contributed by atoms with Gasteiger partial charge in [0.2, 0.25) is 5.79 Å². The number of fused-ring (bicyclic) bond motifs is 2. The number of nitrogens with two attached hydrogens (primary N) is 1. The van der Waals surface area contributed by atoms with Gasteiger partial charge in [0, 0.05) is 17.1 Å². The molecule has 1 amide bonds. The number of halogens is 1. The second-order valence-corrected chi connectivity index (χ2v) is 9.42. The van der Waals surface area contributed by atoms with Crippen LogP contribution in [-0.2, 0) is 22.6 Å². The Hall–Kier alpha value is -2.70. The average Bonchev–Trinajstić information content (AvgIpc) is 3.35. The molecule has 1 aliphatic heterocycles. The van der Waals surface area contributed by atoms with Crippen LogP contribution in [0.25, 0.3) is 0 Å². The van der Waals surface area contributed by atoms with Gasteiger partial charge in [0.05, 0.1) is 18.2 Å². The third-order valence-corrected chi connectivity index (χ3v) is 7.58. The van der Waals surface area contributed by atoms with Crippen LogP contribution in [0, 0.1) is 11.8 Å². The second-order valence-electron chi connectivity index (χ2n) is 9.06. The van der Waals surface area contributed by atoms with Crippen LogP contribution in [-0.4, -0.2) is 78.6 Å². The number of Topliss-reactive ketones (excluding diaryl/α,β-unsaturated/α-hetero) is 1. The van der Waals surface area contributed by atoms with E-state index in [0.29, 0.717) is 0 Å². The summed E-state index contributed by atoms with van der Waals surface area (Å²) < 4.78 is 5.59. The molecule has 2 heterocycles. The number of ketones is 1. The van der Waals surface area contributed by atoms with Crippen LogP contribution in [0.1, 0.15) is 28.0 Å². The summed E-state index contributed by atoms with van der Waals surface area (Å²) in [5, 5.41) is 53.3. The van der Waals surface area contributed by atoms with Crippen LogP contribution in [0.5, 0.6) is 5.75 Å². The summed E-state index contributed by atoms with van der Waals surface area (Å²) in [6.45, 7) is -0.661. The van der Waals surface area contributed by atoms with E-state index in [1.165, 1.54) is 0 Å². The number of allylic oxidation sites excluding steroid dienone is 1. The van der Waals surface area contributed by atoms with E-state index in [4.69, 9.17) is 22.1 Å². The summed E-state index contributed by atoms with van der Waals surface area (Å²) in [7, 11) is 3.29. The van der Waals surface area contributed by atoms with Crippen LogP contribution in [0.15, 0.2) is 22.7 Å². The molecule has 1 saturated heterocycles. The molecule has 12 heteroatoms. The molecule has 0 bridgehead atoms. The normalized spacial score (nSPS) is 34.6. The van der Waals surface area contributed by atoms with Gasteiger partial charge in [-0.2, -0.15) is 0 Å². The number of pyridine rings is 1. The molecule has 5 rings (SSSR count). The average molecular weight is 480 g/mol. The van der Waals surface area contributed by atoms with Crippen molar-refractivity contribution in [1.82, 2.24) is 9.88 Å². The first-order valence-corrected chi connectivity index (χ1v) is 10.6. The van der Waals surface area contributed by atoms with Gasteiger partial charge >= 0.3 is 0 Å². The fourth-order valence-corrected chi connectivity index (χ4v) is 6.20. The number of amides is 1. The minimum Gasteiger partial charge on any atom is -0.510 e. The zero-order chi connectivity index (χ0) is 24.2. The van der Waals surface area contributed by atoms with E-state index in [9.17, 15) is 35.1 Å². The summed E-state index contributed by atoms with van der Waals surface area (Å²) in [6.07, 6.45) is 0.300. The molecule has 1 spiro atoms. The van der Waals surface area contributed by atoms with E-state index in [-0.39, 0.29) is 40.4 Å². The predicted octanol–water partition coefficient (Wildman–Crippen LogP) is -0.181. The molecule has 4 aliphatic rings. The van der Waals surface area contributed by atoms with E-state index in [1.807, 2.05) is 0 Å². The number of ether oxygens (including phenoxy) is 1. The Balaban J connectivity index is 1.74. The van der Waals surface area contributed by atoms with Crippen LogP contribution in [0.2, 0.25) is 5.15 Å². The van der Waals surface area contributed by atoms with Gasteiger partial charge in [0.1, 0.15) is 27.9 Å². The number of aliphatic hydroxyl groups excluding tert-OH is 3. The van der Waals surface area contributed by atoms with Crippen molar-refractivity contribution in [3.63, 3.8) is 0 Å². The SMILES string of the molecule is CN(C)[C@@H]1C(O)=C(C(N)=O)C2(O)O[C@@]23C(O)=C2C(=O)c4c(O)c(CO)nc(Cl)c4C[C@H]2C[C@@H]13. The Morgan fingerprint density at radius 1 is 1.33 bits per heavy atom. The Kier molecular flexibility index (Phi) is 4.47. The number of rotatable bonds is 3. The number of aliphatic hydroxyl groups is 4. The second kappa shape index (κ2) is 6.67. The first kappa shape index (κ1) is 22.1. The van der Waals surface area contributed by atoms with Gasteiger partial charge in [0.15, 0.2) is 17.1 Å². The molecule has 1 unspecified atom stereocenters. The number of primary amides is 1. The van der Waals surface area contributed by atoms with E-state index < -0.39 is 70.4 Å². The molecular weight excluding hydrogens is 458 g/mol. The lowest BCUT2D eigenvalue weighted by Crippen LogP contribution is -2.57.